The van der Waals surface area contributed by atoms with E-state index in [4.69, 9.17) is 4.74 Å². The Labute approximate surface area is 153 Å². The van der Waals surface area contributed by atoms with Crippen molar-refractivity contribution in [3.05, 3.63) is 41.4 Å². The van der Waals surface area contributed by atoms with Gasteiger partial charge in [0.25, 0.3) is 0 Å². The van der Waals surface area contributed by atoms with Crippen LogP contribution in [0.2, 0.25) is 0 Å². The number of nitrogens with one attached hydrogen (secondary N) is 1. The quantitative estimate of drug-likeness (QED) is 0.851. The Morgan fingerprint density at radius 1 is 1.40 bits per heavy atom. The minimum atomic E-state index is -0.0286. The summed E-state index contributed by atoms with van der Waals surface area (Å²) in [6.07, 6.45) is 3.21. The third-order valence-electron chi connectivity index (χ3n) is 4.22. The van der Waals surface area contributed by atoms with Gasteiger partial charge in [-0.2, -0.15) is 0 Å². The smallest absolute Gasteiger partial charge is 0.317 e. The van der Waals surface area contributed by atoms with Crippen molar-refractivity contribution in [3.8, 4) is 10.6 Å². The highest BCUT2D eigenvalue weighted by molar-refractivity contribution is 7.13. The third kappa shape index (κ3) is 5.03. The maximum absolute atomic E-state index is 12.4. The molecule has 1 aliphatic rings. The normalized spacial score (nSPS) is 17.5. The second-order valence-corrected chi connectivity index (χ2v) is 7.11. The molecule has 2 amide bonds. The Morgan fingerprint density at radius 3 is 3.04 bits per heavy atom. The van der Waals surface area contributed by atoms with E-state index in [1.165, 1.54) is 0 Å². The summed E-state index contributed by atoms with van der Waals surface area (Å²) >= 11 is 1.60. The van der Waals surface area contributed by atoms with Gasteiger partial charge in [0.1, 0.15) is 5.01 Å². The number of likely N-dealkylation sites (tertiary alicyclic amines) is 1. The molecule has 1 saturated heterocycles. The van der Waals surface area contributed by atoms with Crippen LogP contribution in [0.15, 0.2) is 35.7 Å². The largest absolute Gasteiger partial charge is 0.376 e. The number of urea groups is 1. The number of nitrogens with zero attached hydrogens (tertiary/aromatic N) is 2. The Balaban J connectivity index is 1.50. The summed E-state index contributed by atoms with van der Waals surface area (Å²) in [6.45, 7) is 4.80. The summed E-state index contributed by atoms with van der Waals surface area (Å²) in [7, 11) is 0. The standard InChI is InChI=1S/C19H25N3O2S/c1-2-11-24-17-9-6-10-22(13-17)19(23)20-12-16-14-25-18(21-16)15-7-4-3-5-8-15/h3-5,7-8,14,17H,2,6,9-13H2,1H3,(H,20,23)/t17-/m1/s1. The summed E-state index contributed by atoms with van der Waals surface area (Å²) in [5.41, 5.74) is 2.00. The average Bonchev–Trinajstić information content (AvgIpc) is 3.14. The SMILES string of the molecule is CCCO[C@@H]1CCCN(C(=O)NCc2csc(-c3ccccc3)n2)C1. The van der Waals surface area contributed by atoms with Crippen LogP contribution < -0.4 is 5.32 Å². The predicted octanol–water partition coefficient (Wildman–Crippen LogP) is 3.91. The van der Waals surface area contributed by atoms with Crippen molar-refractivity contribution in [2.75, 3.05) is 19.7 Å². The highest BCUT2D eigenvalue weighted by Gasteiger charge is 2.23. The van der Waals surface area contributed by atoms with Gasteiger partial charge in [0.15, 0.2) is 0 Å². The maximum atomic E-state index is 12.4. The van der Waals surface area contributed by atoms with Crippen molar-refractivity contribution in [3.63, 3.8) is 0 Å². The molecule has 25 heavy (non-hydrogen) atoms. The molecule has 0 unspecified atom stereocenters. The lowest BCUT2D eigenvalue weighted by atomic mass is 10.1. The number of carbonyl (C=O) groups is 1. The van der Waals surface area contributed by atoms with Crippen LogP contribution in [0.25, 0.3) is 10.6 Å². The van der Waals surface area contributed by atoms with Crippen LogP contribution in [-0.2, 0) is 11.3 Å². The van der Waals surface area contributed by atoms with E-state index in [2.05, 4.69) is 17.2 Å². The summed E-state index contributed by atoms with van der Waals surface area (Å²) < 4.78 is 5.80. The van der Waals surface area contributed by atoms with Crippen LogP contribution in [0.3, 0.4) is 0 Å². The highest BCUT2D eigenvalue weighted by atomic mass is 32.1. The molecular formula is C19H25N3O2S. The van der Waals surface area contributed by atoms with Crippen LogP contribution in [0.5, 0.6) is 0 Å². The molecular weight excluding hydrogens is 334 g/mol. The topological polar surface area (TPSA) is 54.5 Å². The lowest BCUT2D eigenvalue weighted by Gasteiger charge is -2.32. The average molecular weight is 359 g/mol. The molecule has 0 spiro atoms. The number of amides is 2. The first kappa shape index (κ1) is 17.9. The summed E-state index contributed by atoms with van der Waals surface area (Å²) in [5, 5.41) is 5.97. The maximum Gasteiger partial charge on any atom is 0.317 e. The van der Waals surface area contributed by atoms with E-state index in [1.54, 1.807) is 11.3 Å². The number of ether oxygens (including phenoxy) is 1. The lowest BCUT2D eigenvalue weighted by Crippen LogP contribution is -2.47. The van der Waals surface area contributed by atoms with Crippen LogP contribution in [-0.4, -0.2) is 41.7 Å². The third-order valence-corrected chi connectivity index (χ3v) is 5.16. The Bertz CT molecular complexity index is 674. The minimum absolute atomic E-state index is 0.0286. The van der Waals surface area contributed by atoms with Gasteiger partial charge in [-0.1, -0.05) is 37.3 Å². The fourth-order valence-electron chi connectivity index (χ4n) is 2.92. The highest BCUT2D eigenvalue weighted by Crippen LogP contribution is 2.23. The number of piperidine rings is 1. The van der Waals surface area contributed by atoms with Gasteiger partial charge in [-0.25, -0.2) is 9.78 Å². The first-order valence-corrected chi connectivity index (χ1v) is 9.78. The fourth-order valence-corrected chi connectivity index (χ4v) is 3.75. The Morgan fingerprint density at radius 2 is 2.24 bits per heavy atom. The number of benzene rings is 1. The molecule has 6 heteroatoms. The number of thiazole rings is 1. The molecule has 1 aromatic heterocycles. The monoisotopic (exact) mass is 359 g/mol. The number of rotatable bonds is 6. The van der Waals surface area contributed by atoms with E-state index in [0.717, 1.165) is 48.7 Å². The van der Waals surface area contributed by atoms with E-state index >= 15 is 0 Å². The van der Waals surface area contributed by atoms with Crippen LogP contribution in [0, 0.1) is 0 Å². The van der Waals surface area contributed by atoms with Gasteiger partial charge in [0.05, 0.1) is 18.3 Å². The minimum Gasteiger partial charge on any atom is -0.376 e. The van der Waals surface area contributed by atoms with E-state index in [1.807, 2.05) is 40.6 Å². The molecule has 0 aliphatic carbocycles. The zero-order valence-electron chi connectivity index (χ0n) is 14.6. The van der Waals surface area contributed by atoms with Gasteiger partial charge in [-0.05, 0) is 19.3 Å². The fraction of sp³-hybridized carbons (Fsp3) is 0.474. The molecule has 1 fully saturated rings. The second-order valence-electron chi connectivity index (χ2n) is 6.25. The first-order chi connectivity index (χ1) is 12.3. The molecule has 1 aromatic carbocycles. The molecule has 0 bridgehead atoms. The van der Waals surface area contributed by atoms with Crippen molar-refractivity contribution in [1.29, 1.82) is 0 Å². The molecule has 1 atom stereocenters. The second kappa shape index (κ2) is 8.97. The van der Waals surface area contributed by atoms with Crippen LogP contribution in [0.1, 0.15) is 31.9 Å². The van der Waals surface area contributed by atoms with Gasteiger partial charge in [0.2, 0.25) is 0 Å². The molecule has 5 nitrogen and oxygen atoms in total. The van der Waals surface area contributed by atoms with Gasteiger partial charge >= 0.3 is 6.03 Å². The molecule has 1 N–H and O–H groups in total. The zero-order chi connectivity index (χ0) is 17.5. The lowest BCUT2D eigenvalue weighted by molar-refractivity contribution is 0.0100. The Hall–Kier alpha value is -1.92. The van der Waals surface area contributed by atoms with Gasteiger partial charge in [-0.15, -0.1) is 11.3 Å². The van der Waals surface area contributed by atoms with Gasteiger partial charge in [-0.3, -0.25) is 0 Å². The van der Waals surface area contributed by atoms with Crippen molar-refractivity contribution in [1.82, 2.24) is 15.2 Å². The molecule has 0 saturated carbocycles. The predicted molar refractivity (Wildman–Crippen MR) is 101 cm³/mol. The Kier molecular flexibility index (Phi) is 6.42. The zero-order valence-corrected chi connectivity index (χ0v) is 15.4. The van der Waals surface area contributed by atoms with E-state index in [0.29, 0.717) is 13.1 Å². The summed E-state index contributed by atoms with van der Waals surface area (Å²) in [5.74, 6) is 0. The molecule has 134 valence electrons. The number of hydrogen-bond donors (Lipinski definition) is 1. The molecule has 1 aliphatic heterocycles. The van der Waals surface area contributed by atoms with E-state index in [-0.39, 0.29) is 12.1 Å². The summed E-state index contributed by atoms with van der Waals surface area (Å²) in [4.78, 5) is 18.9. The summed E-state index contributed by atoms with van der Waals surface area (Å²) in [6, 6.07) is 10.1. The van der Waals surface area contributed by atoms with Crippen molar-refractivity contribution < 1.29 is 9.53 Å². The van der Waals surface area contributed by atoms with Crippen molar-refractivity contribution in [2.45, 2.75) is 38.8 Å². The van der Waals surface area contributed by atoms with E-state index in [9.17, 15) is 4.79 Å². The molecule has 2 heterocycles. The van der Waals surface area contributed by atoms with Gasteiger partial charge < -0.3 is 15.0 Å². The van der Waals surface area contributed by atoms with Crippen molar-refractivity contribution >= 4 is 17.4 Å². The number of carbonyl (C=O) groups excluding carboxylic acids is 1. The molecule has 2 aromatic rings. The number of hydrogen-bond acceptors (Lipinski definition) is 4. The molecule has 0 radical (unpaired) electrons. The van der Waals surface area contributed by atoms with Crippen molar-refractivity contribution in [2.24, 2.45) is 0 Å². The number of aromatic nitrogens is 1. The van der Waals surface area contributed by atoms with E-state index < -0.39 is 0 Å². The first-order valence-electron chi connectivity index (χ1n) is 8.90. The van der Waals surface area contributed by atoms with Crippen LogP contribution in [0.4, 0.5) is 4.79 Å². The molecule has 3 rings (SSSR count). The van der Waals surface area contributed by atoms with Crippen LogP contribution >= 0.6 is 11.3 Å². The van der Waals surface area contributed by atoms with Gasteiger partial charge in [0, 0.05) is 30.6 Å².